The van der Waals surface area contributed by atoms with Gasteiger partial charge in [0.05, 0.1) is 11.6 Å². The van der Waals surface area contributed by atoms with Gasteiger partial charge in [0.15, 0.2) is 11.5 Å². The van der Waals surface area contributed by atoms with Crippen LogP contribution >= 0.6 is 0 Å². The van der Waals surface area contributed by atoms with Crippen LogP contribution in [-0.4, -0.2) is 39.3 Å². The first-order valence-electron chi connectivity index (χ1n) is 9.30. The zero-order chi connectivity index (χ0) is 21.1. The van der Waals surface area contributed by atoms with E-state index in [1.807, 2.05) is 0 Å². The van der Waals surface area contributed by atoms with Crippen LogP contribution in [0.4, 0.5) is 4.39 Å². The number of benzene rings is 1. The molecule has 0 saturated heterocycles. The molecule has 1 atom stereocenters. The van der Waals surface area contributed by atoms with Gasteiger partial charge < -0.3 is 15.1 Å². The molecule has 1 aromatic carbocycles. The lowest BCUT2D eigenvalue weighted by Gasteiger charge is -2.29. The first-order chi connectivity index (χ1) is 13.0. The Morgan fingerprint density at radius 1 is 1.11 bits per heavy atom. The predicted octanol–water partition coefficient (Wildman–Crippen LogP) is 3.78. The number of aliphatic carboxylic acids is 1. The van der Waals surface area contributed by atoms with Crippen LogP contribution in [-0.2, 0) is 14.4 Å². The van der Waals surface area contributed by atoms with Crippen molar-refractivity contribution in [1.82, 2.24) is 4.90 Å². The summed E-state index contributed by atoms with van der Waals surface area (Å²) in [6.07, 6.45) is 1.65. The number of hydrogen-bond donors (Lipinski definition) is 2. The van der Waals surface area contributed by atoms with Crippen molar-refractivity contribution in [3.63, 3.8) is 0 Å². The molecule has 0 unspecified atom stereocenters. The fraction of sp³-hybridized carbons (Fsp3) is 0.476. The van der Waals surface area contributed by atoms with Gasteiger partial charge in [0.25, 0.3) is 5.91 Å². The third-order valence-corrected chi connectivity index (χ3v) is 4.70. The molecule has 152 valence electrons. The largest absolute Gasteiger partial charge is 0.503 e. The van der Waals surface area contributed by atoms with Crippen molar-refractivity contribution < 1.29 is 29.0 Å². The molecule has 1 amide bonds. The van der Waals surface area contributed by atoms with Gasteiger partial charge in [-0.05, 0) is 30.5 Å². The smallest absolute Gasteiger partial charge is 0.303 e. The van der Waals surface area contributed by atoms with Crippen LogP contribution in [0.3, 0.4) is 0 Å². The highest BCUT2D eigenvalue weighted by molar-refractivity contribution is 6.10. The summed E-state index contributed by atoms with van der Waals surface area (Å²) in [4.78, 5) is 37.6. The summed E-state index contributed by atoms with van der Waals surface area (Å²) in [5.74, 6) is -2.87. The third kappa shape index (κ3) is 4.77. The molecule has 7 heteroatoms. The molecule has 0 bridgehead atoms. The standard InChI is InChI=1S/C21H26FNO5/c1-21(2,3)19(27)16-17(13-8-10-14(22)11-9-13)23(20(28)18(16)26)12-6-4-5-7-15(24)25/h8-11,17,26H,4-7,12H2,1-3H3,(H,24,25)/t17-/m0/s1. The van der Waals surface area contributed by atoms with E-state index in [1.54, 1.807) is 20.8 Å². The van der Waals surface area contributed by atoms with Gasteiger partial charge >= 0.3 is 5.97 Å². The molecule has 2 N–H and O–H groups in total. The van der Waals surface area contributed by atoms with E-state index in [0.29, 0.717) is 24.8 Å². The molecule has 1 aromatic rings. The summed E-state index contributed by atoms with van der Waals surface area (Å²) < 4.78 is 13.4. The highest BCUT2D eigenvalue weighted by Crippen LogP contribution is 2.41. The Morgan fingerprint density at radius 2 is 1.71 bits per heavy atom. The number of ketones is 1. The summed E-state index contributed by atoms with van der Waals surface area (Å²) in [6, 6.07) is 4.71. The molecule has 0 aromatic heterocycles. The SMILES string of the molecule is CC(C)(C)C(=O)C1=C(O)C(=O)N(CCCCCC(=O)O)[C@H]1c1ccc(F)cc1. The van der Waals surface area contributed by atoms with Crippen molar-refractivity contribution in [3.8, 4) is 0 Å². The van der Waals surface area contributed by atoms with Gasteiger partial charge in [-0.25, -0.2) is 4.39 Å². The summed E-state index contributed by atoms with van der Waals surface area (Å²) in [5.41, 5.74) is -0.245. The minimum atomic E-state index is -0.876. The lowest BCUT2D eigenvalue weighted by Crippen LogP contribution is -2.33. The number of halogens is 1. The maximum absolute atomic E-state index is 13.4. The fourth-order valence-corrected chi connectivity index (χ4v) is 3.25. The topological polar surface area (TPSA) is 94.9 Å². The number of aliphatic hydroxyl groups is 1. The first-order valence-corrected chi connectivity index (χ1v) is 9.30. The van der Waals surface area contributed by atoms with Crippen molar-refractivity contribution >= 4 is 17.7 Å². The Labute approximate surface area is 163 Å². The van der Waals surface area contributed by atoms with Crippen LogP contribution in [0.25, 0.3) is 0 Å². The highest BCUT2D eigenvalue weighted by atomic mass is 19.1. The Bertz CT molecular complexity index is 792. The van der Waals surface area contributed by atoms with E-state index in [1.165, 1.54) is 29.2 Å². The number of amides is 1. The van der Waals surface area contributed by atoms with Crippen LogP contribution in [0, 0.1) is 11.2 Å². The van der Waals surface area contributed by atoms with Gasteiger partial charge in [0.1, 0.15) is 5.82 Å². The maximum Gasteiger partial charge on any atom is 0.303 e. The molecule has 6 nitrogen and oxygen atoms in total. The van der Waals surface area contributed by atoms with E-state index in [4.69, 9.17) is 5.11 Å². The monoisotopic (exact) mass is 391 g/mol. The molecule has 0 fully saturated rings. The van der Waals surface area contributed by atoms with E-state index in [9.17, 15) is 23.9 Å². The first kappa shape index (κ1) is 21.6. The van der Waals surface area contributed by atoms with Crippen LogP contribution in [0.5, 0.6) is 0 Å². The summed E-state index contributed by atoms with van der Waals surface area (Å²) in [6.45, 7) is 5.37. The minimum Gasteiger partial charge on any atom is -0.503 e. The van der Waals surface area contributed by atoms with Crippen molar-refractivity contribution in [2.45, 2.75) is 52.5 Å². The van der Waals surface area contributed by atoms with Crippen molar-refractivity contribution in [3.05, 3.63) is 47.0 Å². The quantitative estimate of drug-likeness (QED) is 0.658. The molecule has 2 rings (SSSR count). The molecule has 0 aliphatic carbocycles. The van der Waals surface area contributed by atoms with E-state index >= 15 is 0 Å². The molecular weight excluding hydrogens is 365 g/mol. The molecule has 1 aliphatic heterocycles. The number of unbranched alkanes of at least 4 members (excludes halogenated alkanes) is 2. The van der Waals surface area contributed by atoms with Gasteiger partial charge in [0, 0.05) is 18.4 Å². The Morgan fingerprint density at radius 3 is 2.25 bits per heavy atom. The summed E-state index contributed by atoms with van der Waals surface area (Å²) in [5, 5.41) is 19.2. The van der Waals surface area contributed by atoms with E-state index in [-0.39, 0.29) is 24.3 Å². The Hall–Kier alpha value is -2.70. The maximum atomic E-state index is 13.4. The average molecular weight is 391 g/mol. The van der Waals surface area contributed by atoms with Crippen molar-refractivity contribution in [2.24, 2.45) is 5.41 Å². The van der Waals surface area contributed by atoms with E-state index < -0.39 is 34.9 Å². The van der Waals surface area contributed by atoms with E-state index in [0.717, 1.165) is 0 Å². The molecule has 28 heavy (non-hydrogen) atoms. The number of nitrogens with zero attached hydrogens (tertiary/aromatic N) is 1. The number of carbonyl (C=O) groups excluding carboxylic acids is 2. The van der Waals surface area contributed by atoms with Crippen LogP contribution in [0.1, 0.15) is 58.1 Å². The zero-order valence-electron chi connectivity index (χ0n) is 16.4. The second kappa shape index (κ2) is 8.54. The predicted molar refractivity (Wildman–Crippen MR) is 101 cm³/mol. The number of carboxylic acid groups (broad SMARTS) is 1. The van der Waals surface area contributed by atoms with Crippen LogP contribution < -0.4 is 0 Å². The normalized spacial score (nSPS) is 17.4. The molecule has 1 aliphatic rings. The average Bonchev–Trinajstić information content (AvgIpc) is 2.85. The van der Waals surface area contributed by atoms with Gasteiger partial charge in [-0.2, -0.15) is 0 Å². The second-order valence-corrected chi connectivity index (χ2v) is 8.00. The van der Waals surface area contributed by atoms with Crippen molar-refractivity contribution in [2.75, 3.05) is 6.54 Å². The third-order valence-electron chi connectivity index (χ3n) is 4.70. The van der Waals surface area contributed by atoms with Gasteiger partial charge in [-0.3, -0.25) is 14.4 Å². The Balaban J connectivity index is 2.31. The number of Topliss-reactive ketones (excluding diaryl/α,β-unsaturated/α-hetero) is 1. The van der Waals surface area contributed by atoms with E-state index in [2.05, 4.69) is 0 Å². The summed E-state index contributed by atoms with van der Waals surface area (Å²) in [7, 11) is 0. The number of hydrogen-bond acceptors (Lipinski definition) is 4. The van der Waals surface area contributed by atoms with Crippen molar-refractivity contribution in [1.29, 1.82) is 0 Å². The molecule has 0 spiro atoms. The number of carboxylic acids is 1. The molecular formula is C21H26FNO5. The van der Waals surface area contributed by atoms with Crippen LogP contribution in [0.15, 0.2) is 35.6 Å². The van der Waals surface area contributed by atoms with Gasteiger partial charge in [-0.15, -0.1) is 0 Å². The lowest BCUT2D eigenvalue weighted by atomic mass is 9.82. The molecule has 0 saturated carbocycles. The van der Waals surface area contributed by atoms with Gasteiger partial charge in [-0.1, -0.05) is 39.3 Å². The minimum absolute atomic E-state index is 0.0228. The molecule has 0 radical (unpaired) electrons. The lowest BCUT2D eigenvalue weighted by molar-refractivity contribution is -0.137. The zero-order valence-corrected chi connectivity index (χ0v) is 16.4. The number of rotatable bonds is 8. The Kier molecular flexibility index (Phi) is 6.59. The summed E-state index contributed by atoms with van der Waals surface area (Å²) >= 11 is 0. The molecule has 1 heterocycles. The highest BCUT2D eigenvalue weighted by Gasteiger charge is 2.45. The second-order valence-electron chi connectivity index (χ2n) is 8.00. The van der Waals surface area contributed by atoms with Gasteiger partial charge in [0.2, 0.25) is 0 Å². The fourth-order valence-electron chi connectivity index (χ4n) is 3.25. The van der Waals surface area contributed by atoms with Crippen LogP contribution in [0.2, 0.25) is 0 Å². The number of carbonyl (C=O) groups is 3. The number of aliphatic hydroxyl groups excluding tert-OH is 1.